The van der Waals surface area contributed by atoms with Crippen LogP contribution in [-0.4, -0.2) is 37.0 Å². The van der Waals surface area contributed by atoms with E-state index < -0.39 is 0 Å². The first-order valence-electron chi connectivity index (χ1n) is 10.8. The summed E-state index contributed by atoms with van der Waals surface area (Å²) < 4.78 is 0. The third kappa shape index (κ3) is 5.31. The average molecular weight is 412 g/mol. The molecule has 0 saturated carbocycles. The topological polar surface area (TPSA) is 35.6 Å². The van der Waals surface area contributed by atoms with Gasteiger partial charge in [0.15, 0.2) is 0 Å². The molecule has 1 atom stereocenters. The standard InChI is InChI=1S/C24H30ClN3O/c25-23-9-3-2-7-19(23)17-27-14-6-8-20(18-27)24(29)26-21-10-12-22(13-11-21)28-15-4-1-5-16-28/h2-3,7,9-13,20H,1,4-6,8,14-18H2,(H,26,29). The Hall–Kier alpha value is -2.04. The second kappa shape index (κ2) is 9.64. The Kier molecular flexibility index (Phi) is 6.73. The Morgan fingerprint density at radius 3 is 2.48 bits per heavy atom. The number of carbonyl (C=O) groups is 1. The van der Waals surface area contributed by atoms with Crippen molar-refractivity contribution in [2.24, 2.45) is 5.92 Å². The number of hydrogen-bond donors (Lipinski definition) is 1. The van der Waals surface area contributed by atoms with Gasteiger partial charge in [-0.3, -0.25) is 9.69 Å². The zero-order valence-electron chi connectivity index (χ0n) is 16.9. The highest BCUT2D eigenvalue weighted by Gasteiger charge is 2.26. The Balaban J connectivity index is 1.32. The zero-order valence-corrected chi connectivity index (χ0v) is 17.7. The Labute approximate surface area is 178 Å². The average Bonchev–Trinajstić information content (AvgIpc) is 2.77. The summed E-state index contributed by atoms with van der Waals surface area (Å²) >= 11 is 6.31. The SMILES string of the molecule is O=C(Nc1ccc(N2CCCCC2)cc1)C1CCCN(Cc2ccccc2Cl)C1. The summed E-state index contributed by atoms with van der Waals surface area (Å²) in [6.45, 7) is 4.86. The number of rotatable bonds is 5. The maximum absolute atomic E-state index is 12.8. The molecule has 4 rings (SSSR count). The zero-order chi connectivity index (χ0) is 20.1. The molecule has 0 radical (unpaired) electrons. The normalized spacial score (nSPS) is 20.4. The summed E-state index contributed by atoms with van der Waals surface area (Å²) in [4.78, 5) is 17.6. The summed E-state index contributed by atoms with van der Waals surface area (Å²) in [5.74, 6) is 0.146. The van der Waals surface area contributed by atoms with Crippen molar-refractivity contribution < 1.29 is 4.79 Å². The highest BCUT2D eigenvalue weighted by molar-refractivity contribution is 6.31. The maximum Gasteiger partial charge on any atom is 0.228 e. The first kappa shape index (κ1) is 20.2. The second-order valence-electron chi connectivity index (χ2n) is 8.25. The summed E-state index contributed by atoms with van der Waals surface area (Å²) in [5.41, 5.74) is 3.27. The third-order valence-electron chi connectivity index (χ3n) is 6.08. The van der Waals surface area contributed by atoms with E-state index in [0.29, 0.717) is 0 Å². The summed E-state index contributed by atoms with van der Waals surface area (Å²) in [6.07, 6.45) is 5.85. The summed E-state index contributed by atoms with van der Waals surface area (Å²) in [7, 11) is 0. The van der Waals surface area contributed by atoms with Crippen molar-refractivity contribution in [1.29, 1.82) is 0 Å². The van der Waals surface area contributed by atoms with E-state index in [1.54, 1.807) is 0 Å². The number of hydrogen-bond acceptors (Lipinski definition) is 3. The molecular formula is C24H30ClN3O. The maximum atomic E-state index is 12.8. The lowest BCUT2D eigenvalue weighted by Crippen LogP contribution is -2.40. The Morgan fingerprint density at radius 2 is 1.72 bits per heavy atom. The molecule has 0 bridgehead atoms. The van der Waals surface area contributed by atoms with Gasteiger partial charge in [0.25, 0.3) is 0 Å². The molecule has 2 aliphatic heterocycles. The molecule has 2 aromatic rings. The quantitative estimate of drug-likeness (QED) is 0.736. The van der Waals surface area contributed by atoms with Crippen LogP contribution in [0.2, 0.25) is 5.02 Å². The molecular weight excluding hydrogens is 382 g/mol. The van der Waals surface area contributed by atoms with E-state index in [1.165, 1.54) is 24.9 Å². The predicted molar refractivity (Wildman–Crippen MR) is 121 cm³/mol. The Bertz CT molecular complexity index is 817. The van der Waals surface area contributed by atoms with Crippen LogP contribution in [-0.2, 0) is 11.3 Å². The van der Waals surface area contributed by atoms with Gasteiger partial charge in [-0.1, -0.05) is 29.8 Å². The number of benzene rings is 2. The monoisotopic (exact) mass is 411 g/mol. The number of halogens is 1. The predicted octanol–water partition coefficient (Wildman–Crippen LogP) is 5.18. The van der Waals surface area contributed by atoms with Gasteiger partial charge < -0.3 is 10.2 Å². The van der Waals surface area contributed by atoms with E-state index in [2.05, 4.69) is 33.3 Å². The van der Waals surface area contributed by atoms with E-state index >= 15 is 0 Å². The van der Waals surface area contributed by atoms with Crippen molar-refractivity contribution in [3.05, 3.63) is 59.1 Å². The van der Waals surface area contributed by atoms with Gasteiger partial charge in [0.05, 0.1) is 5.92 Å². The van der Waals surface area contributed by atoms with Crippen molar-refractivity contribution in [3.63, 3.8) is 0 Å². The van der Waals surface area contributed by atoms with E-state index in [1.807, 2.05) is 30.3 Å². The van der Waals surface area contributed by atoms with Crippen LogP contribution in [0.15, 0.2) is 48.5 Å². The largest absolute Gasteiger partial charge is 0.372 e. The minimum atomic E-state index is 0.0213. The van der Waals surface area contributed by atoms with Crippen LogP contribution < -0.4 is 10.2 Å². The van der Waals surface area contributed by atoms with Crippen LogP contribution in [0.3, 0.4) is 0 Å². The van der Waals surface area contributed by atoms with Crippen molar-refractivity contribution in [2.75, 3.05) is 36.4 Å². The van der Waals surface area contributed by atoms with Crippen LogP contribution >= 0.6 is 11.6 Å². The van der Waals surface area contributed by atoms with Gasteiger partial charge in [-0.2, -0.15) is 0 Å². The molecule has 4 nitrogen and oxygen atoms in total. The fraction of sp³-hybridized carbons (Fsp3) is 0.458. The van der Waals surface area contributed by atoms with Crippen molar-refractivity contribution in [1.82, 2.24) is 4.90 Å². The van der Waals surface area contributed by atoms with Gasteiger partial charge in [0, 0.05) is 42.6 Å². The molecule has 2 aliphatic rings. The fourth-order valence-electron chi connectivity index (χ4n) is 4.43. The van der Waals surface area contributed by atoms with E-state index in [4.69, 9.17) is 11.6 Å². The van der Waals surface area contributed by atoms with Crippen LogP contribution in [0.25, 0.3) is 0 Å². The van der Waals surface area contributed by atoms with Crippen molar-refractivity contribution >= 4 is 28.9 Å². The van der Waals surface area contributed by atoms with Gasteiger partial charge in [-0.05, 0) is 74.5 Å². The first-order valence-corrected chi connectivity index (χ1v) is 11.2. The molecule has 2 heterocycles. The Morgan fingerprint density at radius 1 is 0.966 bits per heavy atom. The number of carbonyl (C=O) groups excluding carboxylic acids is 1. The minimum absolute atomic E-state index is 0.0213. The van der Waals surface area contributed by atoms with Gasteiger partial charge in [-0.25, -0.2) is 0 Å². The smallest absolute Gasteiger partial charge is 0.228 e. The number of likely N-dealkylation sites (tertiary alicyclic amines) is 1. The third-order valence-corrected chi connectivity index (χ3v) is 6.45. The van der Waals surface area contributed by atoms with Crippen LogP contribution in [0.1, 0.15) is 37.7 Å². The van der Waals surface area contributed by atoms with Gasteiger partial charge in [0.2, 0.25) is 5.91 Å². The molecule has 1 unspecified atom stereocenters. The van der Waals surface area contributed by atoms with Crippen molar-refractivity contribution in [2.45, 2.75) is 38.6 Å². The van der Waals surface area contributed by atoms with Crippen LogP contribution in [0, 0.1) is 5.92 Å². The van der Waals surface area contributed by atoms with Gasteiger partial charge in [-0.15, -0.1) is 0 Å². The first-order chi connectivity index (χ1) is 14.2. The molecule has 0 aromatic heterocycles. The highest BCUT2D eigenvalue weighted by Crippen LogP contribution is 2.25. The summed E-state index contributed by atoms with van der Waals surface area (Å²) in [6, 6.07) is 16.3. The number of piperidine rings is 2. The summed E-state index contributed by atoms with van der Waals surface area (Å²) in [5, 5.41) is 3.93. The second-order valence-corrected chi connectivity index (χ2v) is 8.66. The molecule has 29 heavy (non-hydrogen) atoms. The number of amides is 1. The van der Waals surface area contributed by atoms with Crippen LogP contribution in [0.5, 0.6) is 0 Å². The molecule has 154 valence electrons. The lowest BCUT2D eigenvalue weighted by atomic mass is 9.96. The highest BCUT2D eigenvalue weighted by atomic mass is 35.5. The van der Waals surface area contributed by atoms with Crippen LogP contribution in [0.4, 0.5) is 11.4 Å². The number of anilines is 2. The molecule has 2 aromatic carbocycles. The van der Waals surface area contributed by atoms with Crippen molar-refractivity contribution in [3.8, 4) is 0 Å². The molecule has 0 aliphatic carbocycles. The van der Waals surface area contributed by atoms with Gasteiger partial charge >= 0.3 is 0 Å². The lowest BCUT2D eigenvalue weighted by molar-refractivity contribution is -0.121. The molecule has 0 spiro atoms. The molecule has 5 heteroatoms. The number of nitrogens with zero attached hydrogens (tertiary/aromatic N) is 2. The minimum Gasteiger partial charge on any atom is -0.372 e. The molecule has 2 fully saturated rings. The molecule has 1 amide bonds. The van der Waals surface area contributed by atoms with Gasteiger partial charge in [0.1, 0.15) is 0 Å². The fourth-order valence-corrected chi connectivity index (χ4v) is 4.63. The molecule has 2 saturated heterocycles. The van der Waals surface area contributed by atoms with E-state index in [0.717, 1.165) is 61.8 Å². The molecule has 1 N–H and O–H groups in total. The van der Waals surface area contributed by atoms with E-state index in [9.17, 15) is 4.79 Å². The lowest BCUT2D eigenvalue weighted by Gasteiger charge is -2.32. The number of nitrogens with one attached hydrogen (secondary N) is 1. The van der Waals surface area contributed by atoms with E-state index in [-0.39, 0.29) is 11.8 Å².